The van der Waals surface area contributed by atoms with E-state index in [2.05, 4.69) is 4.98 Å². The van der Waals surface area contributed by atoms with Gasteiger partial charge in [-0.3, -0.25) is 0 Å². The van der Waals surface area contributed by atoms with Gasteiger partial charge in [-0.1, -0.05) is 22.9 Å². The summed E-state index contributed by atoms with van der Waals surface area (Å²) in [6.45, 7) is 1.71. The van der Waals surface area contributed by atoms with Gasteiger partial charge >= 0.3 is 0 Å². The maximum absolute atomic E-state index is 12.9. The van der Waals surface area contributed by atoms with Gasteiger partial charge < -0.3 is 5.11 Å². The molecule has 2 rings (SSSR count). The second-order valence-corrected chi connectivity index (χ2v) is 4.42. The summed E-state index contributed by atoms with van der Waals surface area (Å²) in [6.07, 6.45) is 0. The summed E-state index contributed by atoms with van der Waals surface area (Å²) in [5, 5.41) is 10.2. The second-order valence-electron chi connectivity index (χ2n) is 3.04. The fourth-order valence-corrected chi connectivity index (χ4v) is 2.13. The van der Waals surface area contributed by atoms with Crippen LogP contribution in [0.2, 0.25) is 5.02 Å². The summed E-state index contributed by atoms with van der Waals surface area (Å²) < 4.78 is 12.9. The summed E-state index contributed by atoms with van der Waals surface area (Å²) in [4.78, 5) is 4.14. The van der Waals surface area contributed by atoms with Crippen LogP contribution < -0.4 is 0 Å². The lowest BCUT2D eigenvalue weighted by Crippen LogP contribution is -1.80. The SMILES string of the molecule is Cc1nc(-c2ccc(F)c(Cl)c2)sc1O. The molecule has 1 aromatic heterocycles. The minimum absolute atomic E-state index is 0.0554. The first-order valence-corrected chi connectivity index (χ1v) is 5.39. The number of aromatic nitrogens is 1. The van der Waals surface area contributed by atoms with Crippen LogP contribution in [0.15, 0.2) is 18.2 Å². The lowest BCUT2D eigenvalue weighted by atomic mass is 10.2. The average molecular weight is 244 g/mol. The molecule has 0 atom stereocenters. The van der Waals surface area contributed by atoms with Gasteiger partial charge in [-0.05, 0) is 25.1 Å². The van der Waals surface area contributed by atoms with Gasteiger partial charge in [-0.2, -0.15) is 0 Å². The van der Waals surface area contributed by atoms with Crippen LogP contribution in [0.25, 0.3) is 10.6 Å². The van der Waals surface area contributed by atoms with Gasteiger partial charge in [-0.25, -0.2) is 9.37 Å². The zero-order chi connectivity index (χ0) is 11.0. The third kappa shape index (κ3) is 1.96. The van der Waals surface area contributed by atoms with E-state index in [0.29, 0.717) is 16.3 Å². The zero-order valence-corrected chi connectivity index (χ0v) is 9.36. The van der Waals surface area contributed by atoms with Crippen molar-refractivity contribution in [1.82, 2.24) is 4.98 Å². The van der Waals surface area contributed by atoms with E-state index in [-0.39, 0.29) is 10.1 Å². The molecule has 1 aromatic carbocycles. The predicted octanol–water partition coefficient (Wildman–Crippen LogP) is 3.62. The number of hydrogen-bond acceptors (Lipinski definition) is 3. The smallest absolute Gasteiger partial charge is 0.195 e. The molecule has 0 bridgehead atoms. The summed E-state index contributed by atoms with van der Waals surface area (Å²) in [5.41, 5.74) is 1.27. The molecule has 2 aromatic rings. The molecule has 5 heteroatoms. The fraction of sp³-hybridized carbons (Fsp3) is 0.100. The summed E-state index contributed by atoms with van der Waals surface area (Å²) in [5.74, 6) is -0.460. The van der Waals surface area contributed by atoms with Crippen LogP contribution in [0, 0.1) is 12.7 Å². The Balaban J connectivity index is 2.49. The van der Waals surface area contributed by atoms with E-state index in [1.165, 1.54) is 12.1 Å². The van der Waals surface area contributed by atoms with Crippen molar-refractivity contribution in [2.45, 2.75) is 6.92 Å². The van der Waals surface area contributed by atoms with E-state index in [9.17, 15) is 9.50 Å². The van der Waals surface area contributed by atoms with Gasteiger partial charge in [0.15, 0.2) is 5.06 Å². The quantitative estimate of drug-likeness (QED) is 0.830. The number of aryl methyl sites for hydroxylation is 1. The van der Waals surface area contributed by atoms with Crippen molar-refractivity contribution in [3.63, 3.8) is 0 Å². The first-order valence-electron chi connectivity index (χ1n) is 4.20. The highest BCUT2D eigenvalue weighted by molar-refractivity contribution is 7.16. The molecule has 0 radical (unpaired) electrons. The van der Waals surface area contributed by atoms with Crippen LogP contribution in [0.5, 0.6) is 5.06 Å². The van der Waals surface area contributed by atoms with E-state index in [4.69, 9.17) is 11.6 Å². The molecule has 1 N–H and O–H groups in total. The Labute approximate surface area is 95.0 Å². The van der Waals surface area contributed by atoms with Gasteiger partial charge in [0, 0.05) is 5.56 Å². The maximum atomic E-state index is 12.9. The van der Waals surface area contributed by atoms with Crippen LogP contribution in [0.4, 0.5) is 4.39 Å². The van der Waals surface area contributed by atoms with Crippen LogP contribution in [-0.4, -0.2) is 10.1 Å². The molecular formula is C10H7ClFNOS. The highest BCUT2D eigenvalue weighted by Gasteiger charge is 2.09. The zero-order valence-electron chi connectivity index (χ0n) is 7.79. The van der Waals surface area contributed by atoms with E-state index in [1.54, 1.807) is 13.0 Å². The van der Waals surface area contributed by atoms with E-state index in [1.807, 2.05) is 0 Å². The molecule has 0 amide bonds. The van der Waals surface area contributed by atoms with Gasteiger partial charge in [0.25, 0.3) is 0 Å². The monoisotopic (exact) mass is 243 g/mol. The lowest BCUT2D eigenvalue weighted by molar-refractivity contribution is 0.485. The number of benzene rings is 1. The standard InChI is InChI=1S/C10H7ClFNOS/c1-5-10(14)15-9(13-5)6-2-3-8(12)7(11)4-6/h2-4,14H,1H3. The van der Waals surface area contributed by atoms with Crippen LogP contribution in [0.1, 0.15) is 5.69 Å². The predicted molar refractivity (Wildman–Crippen MR) is 58.9 cm³/mol. The molecule has 0 spiro atoms. The van der Waals surface area contributed by atoms with Crippen molar-refractivity contribution in [3.8, 4) is 15.6 Å². The van der Waals surface area contributed by atoms with Crippen molar-refractivity contribution in [3.05, 3.63) is 34.7 Å². The molecule has 78 valence electrons. The molecule has 0 saturated heterocycles. The Kier molecular flexibility index (Phi) is 2.63. The number of aromatic hydroxyl groups is 1. The van der Waals surface area contributed by atoms with Crippen molar-refractivity contribution in [2.75, 3.05) is 0 Å². The number of rotatable bonds is 1. The molecule has 0 aliphatic heterocycles. The minimum atomic E-state index is -0.460. The van der Waals surface area contributed by atoms with E-state index in [0.717, 1.165) is 11.3 Å². The second kappa shape index (κ2) is 3.79. The van der Waals surface area contributed by atoms with Crippen LogP contribution in [-0.2, 0) is 0 Å². The number of hydrogen-bond donors (Lipinski definition) is 1. The third-order valence-corrected chi connectivity index (χ3v) is 3.24. The highest BCUT2D eigenvalue weighted by atomic mass is 35.5. The third-order valence-electron chi connectivity index (χ3n) is 1.94. The molecule has 0 fully saturated rings. The first kappa shape index (κ1) is 10.4. The Morgan fingerprint density at radius 2 is 2.20 bits per heavy atom. The van der Waals surface area contributed by atoms with Crippen molar-refractivity contribution in [1.29, 1.82) is 0 Å². The van der Waals surface area contributed by atoms with Gasteiger partial charge in [0.2, 0.25) is 0 Å². The minimum Gasteiger partial charge on any atom is -0.498 e. The molecule has 1 heterocycles. The summed E-state index contributed by atoms with van der Waals surface area (Å²) in [6, 6.07) is 4.36. The molecule has 15 heavy (non-hydrogen) atoms. The molecule has 0 saturated carbocycles. The van der Waals surface area contributed by atoms with Crippen LogP contribution >= 0.6 is 22.9 Å². The molecular weight excluding hydrogens is 237 g/mol. The van der Waals surface area contributed by atoms with E-state index < -0.39 is 5.82 Å². The normalized spacial score (nSPS) is 10.6. The van der Waals surface area contributed by atoms with Crippen molar-refractivity contribution in [2.24, 2.45) is 0 Å². The molecule has 0 aliphatic carbocycles. The largest absolute Gasteiger partial charge is 0.498 e. The molecule has 0 aliphatic rings. The fourth-order valence-electron chi connectivity index (χ4n) is 1.14. The van der Waals surface area contributed by atoms with Gasteiger partial charge in [-0.15, -0.1) is 0 Å². The lowest BCUT2D eigenvalue weighted by Gasteiger charge is -1.97. The summed E-state index contributed by atoms with van der Waals surface area (Å²) >= 11 is 6.80. The topological polar surface area (TPSA) is 33.1 Å². The summed E-state index contributed by atoms with van der Waals surface area (Å²) in [7, 11) is 0. The Morgan fingerprint density at radius 3 is 2.73 bits per heavy atom. The number of nitrogens with zero attached hydrogens (tertiary/aromatic N) is 1. The Bertz CT molecular complexity index is 493. The van der Waals surface area contributed by atoms with Gasteiger partial charge in [0.1, 0.15) is 10.8 Å². The Hall–Kier alpha value is -1.13. The van der Waals surface area contributed by atoms with Crippen LogP contribution in [0.3, 0.4) is 0 Å². The average Bonchev–Trinajstić information content (AvgIpc) is 2.52. The molecule has 0 unspecified atom stereocenters. The van der Waals surface area contributed by atoms with Crippen molar-refractivity contribution >= 4 is 22.9 Å². The molecule has 2 nitrogen and oxygen atoms in total. The highest BCUT2D eigenvalue weighted by Crippen LogP contribution is 2.33. The van der Waals surface area contributed by atoms with Gasteiger partial charge in [0.05, 0.1) is 10.7 Å². The Morgan fingerprint density at radius 1 is 1.47 bits per heavy atom. The number of halogens is 2. The van der Waals surface area contributed by atoms with E-state index >= 15 is 0 Å². The number of thiazole rings is 1. The first-order chi connectivity index (χ1) is 7.08. The maximum Gasteiger partial charge on any atom is 0.195 e. The van der Waals surface area contributed by atoms with Crippen molar-refractivity contribution < 1.29 is 9.50 Å².